The monoisotopic (exact) mass is 192 g/mol. The number of aliphatic hydroxyl groups excluding tert-OH is 3. The highest BCUT2D eigenvalue weighted by Crippen LogP contribution is 2.29. The zero-order valence-corrected chi connectivity index (χ0v) is 6.88. The molecule has 6 heteroatoms. The van der Waals surface area contributed by atoms with E-state index in [0.29, 0.717) is 0 Å². The van der Waals surface area contributed by atoms with Crippen molar-refractivity contribution < 1.29 is 30.0 Å². The number of hydrogen-bond donors (Lipinski definition) is 4. The third kappa shape index (κ3) is 1.53. The average Bonchev–Trinajstić information content (AvgIpc) is 2.09. The SMILES string of the molecule is O=C(O)C1(CO)COCC(O)C1O. The quantitative estimate of drug-likeness (QED) is 0.395. The van der Waals surface area contributed by atoms with E-state index in [1.54, 1.807) is 0 Å². The van der Waals surface area contributed by atoms with E-state index in [4.69, 9.17) is 20.1 Å². The van der Waals surface area contributed by atoms with Gasteiger partial charge in [-0.3, -0.25) is 4.79 Å². The van der Waals surface area contributed by atoms with Gasteiger partial charge in [-0.15, -0.1) is 0 Å². The molecule has 1 fully saturated rings. The second kappa shape index (κ2) is 3.59. The summed E-state index contributed by atoms with van der Waals surface area (Å²) in [6.45, 7) is -1.17. The van der Waals surface area contributed by atoms with Gasteiger partial charge in [0, 0.05) is 0 Å². The maximum atomic E-state index is 10.8. The summed E-state index contributed by atoms with van der Waals surface area (Å²) in [5.74, 6) is -1.37. The molecule has 6 nitrogen and oxygen atoms in total. The molecule has 0 aliphatic carbocycles. The van der Waals surface area contributed by atoms with Gasteiger partial charge in [0.05, 0.1) is 19.8 Å². The molecule has 0 spiro atoms. The Morgan fingerprint density at radius 2 is 2.15 bits per heavy atom. The van der Waals surface area contributed by atoms with Crippen LogP contribution in [0.15, 0.2) is 0 Å². The number of carbonyl (C=O) groups is 1. The van der Waals surface area contributed by atoms with Crippen molar-refractivity contribution >= 4 is 5.97 Å². The van der Waals surface area contributed by atoms with E-state index in [2.05, 4.69) is 0 Å². The Morgan fingerprint density at radius 1 is 1.54 bits per heavy atom. The fourth-order valence-corrected chi connectivity index (χ4v) is 1.30. The largest absolute Gasteiger partial charge is 0.481 e. The predicted molar refractivity (Wildman–Crippen MR) is 40.0 cm³/mol. The van der Waals surface area contributed by atoms with Crippen LogP contribution in [0.1, 0.15) is 0 Å². The number of ether oxygens (including phenoxy) is 1. The van der Waals surface area contributed by atoms with Crippen molar-refractivity contribution in [3.8, 4) is 0 Å². The molecule has 13 heavy (non-hydrogen) atoms. The number of carboxylic acid groups (broad SMARTS) is 1. The van der Waals surface area contributed by atoms with Crippen molar-refractivity contribution in [2.24, 2.45) is 5.41 Å². The number of aliphatic hydroxyl groups is 3. The fraction of sp³-hybridized carbons (Fsp3) is 0.857. The highest BCUT2D eigenvalue weighted by atomic mass is 16.5. The smallest absolute Gasteiger partial charge is 0.317 e. The van der Waals surface area contributed by atoms with Crippen LogP contribution in [0.25, 0.3) is 0 Å². The van der Waals surface area contributed by atoms with E-state index in [-0.39, 0.29) is 13.2 Å². The van der Waals surface area contributed by atoms with E-state index < -0.39 is 30.2 Å². The topological polar surface area (TPSA) is 107 Å². The number of hydrogen-bond acceptors (Lipinski definition) is 5. The molecule has 1 rings (SSSR count). The molecule has 76 valence electrons. The van der Waals surface area contributed by atoms with Gasteiger partial charge in [-0.25, -0.2) is 0 Å². The van der Waals surface area contributed by atoms with E-state index in [1.165, 1.54) is 0 Å². The van der Waals surface area contributed by atoms with Crippen molar-refractivity contribution in [2.75, 3.05) is 19.8 Å². The zero-order chi connectivity index (χ0) is 10.1. The van der Waals surface area contributed by atoms with E-state index >= 15 is 0 Å². The maximum Gasteiger partial charge on any atom is 0.317 e. The Hall–Kier alpha value is -0.690. The minimum absolute atomic E-state index is 0.115. The second-order valence-corrected chi connectivity index (χ2v) is 3.15. The molecular formula is C7H12O6. The first kappa shape index (κ1) is 10.4. The van der Waals surface area contributed by atoms with Gasteiger partial charge in [-0.05, 0) is 0 Å². The molecule has 4 N–H and O–H groups in total. The zero-order valence-electron chi connectivity index (χ0n) is 6.88. The van der Waals surface area contributed by atoms with Crippen LogP contribution in [0.2, 0.25) is 0 Å². The Kier molecular flexibility index (Phi) is 2.87. The van der Waals surface area contributed by atoms with Gasteiger partial charge >= 0.3 is 5.97 Å². The van der Waals surface area contributed by atoms with Crippen LogP contribution in [-0.4, -0.2) is 58.4 Å². The summed E-state index contributed by atoms with van der Waals surface area (Å²) in [5.41, 5.74) is -1.79. The number of rotatable bonds is 2. The van der Waals surface area contributed by atoms with Crippen molar-refractivity contribution in [1.29, 1.82) is 0 Å². The Balaban J connectivity index is 2.89. The highest BCUT2D eigenvalue weighted by Gasteiger charge is 2.51. The van der Waals surface area contributed by atoms with Gasteiger partial charge in [-0.2, -0.15) is 0 Å². The summed E-state index contributed by atoms with van der Waals surface area (Å²) < 4.78 is 4.77. The molecule has 0 bridgehead atoms. The molecule has 3 atom stereocenters. The Morgan fingerprint density at radius 3 is 2.54 bits per heavy atom. The van der Waals surface area contributed by atoms with E-state index in [9.17, 15) is 9.90 Å². The number of aliphatic carboxylic acids is 1. The lowest BCUT2D eigenvalue weighted by Crippen LogP contribution is -2.58. The lowest BCUT2D eigenvalue weighted by molar-refractivity contribution is -0.201. The summed E-state index contributed by atoms with van der Waals surface area (Å²) >= 11 is 0. The standard InChI is InChI=1S/C7H12O6/c8-2-7(6(11)12)3-13-1-4(9)5(7)10/h4-5,8-10H,1-3H2,(H,11,12). The Bertz CT molecular complexity index is 205. The molecule has 0 aromatic rings. The molecule has 1 aliphatic rings. The van der Waals surface area contributed by atoms with Gasteiger partial charge < -0.3 is 25.2 Å². The van der Waals surface area contributed by atoms with E-state index in [0.717, 1.165) is 0 Å². The molecule has 1 saturated heterocycles. The average molecular weight is 192 g/mol. The molecule has 1 heterocycles. The van der Waals surface area contributed by atoms with Crippen molar-refractivity contribution in [3.05, 3.63) is 0 Å². The first-order valence-electron chi connectivity index (χ1n) is 3.83. The molecule has 0 aromatic carbocycles. The molecule has 0 radical (unpaired) electrons. The van der Waals surface area contributed by atoms with Gasteiger partial charge in [-0.1, -0.05) is 0 Å². The third-order valence-corrected chi connectivity index (χ3v) is 2.29. The molecule has 0 aromatic heterocycles. The van der Waals surface area contributed by atoms with Crippen LogP contribution in [0.5, 0.6) is 0 Å². The van der Waals surface area contributed by atoms with Crippen LogP contribution < -0.4 is 0 Å². The van der Waals surface area contributed by atoms with Crippen molar-refractivity contribution in [2.45, 2.75) is 12.2 Å². The van der Waals surface area contributed by atoms with Crippen LogP contribution in [0.3, 0.4) is 0 Å². The van der Waals surface area contributed by atoms with Gasteiger partial charge in [0.1, 0.15) is 17.6 Å². The predicted octanol–water partition coefficient (Wildman–Crippen LogP) is -2.20. The van der Waals surface area contributed by atoms with E-state index in [1.807, 2.05) is 0 Å². The van der Waals surface area contributed by atoms with Gasteiger partial charge in [0.2, 0.25) is 0 Å². The molecular weight excluding hydrogens is 180 g/mol. The molecule has 1 aliphatic heterocycles. The number of carboxylic acids is 1. The van der Waals surface area contributed by atoms with Crippen LogP contribution in [0, 0.1) is 5.41 Å². The minimum Gasteiger partial charge on any atom is -0.481 e. The minimum atomic E-state index is -1.79. The fourth-order valence-electron chi connectivity index (χ4n) is 1.30. The highest BCUT2D eigenvalue weighted by molar-refractivity contribution is 5.76. The van der Waals surface area contributed by atoms with Crippen LogP contribution in [-0.2, 0) is 9.53 Å². The molecule has 3 unspecified atom stereocenters. The lowest BCUT2D eigenvalue weighted by atomic mass is 9.79. The molecule has 0 amide bonds. The van der Waals surface area contributed by atoms with Crippen molar-refractivity contribution in [3.63, 3.8) is 0 Å². The molecule has 0 saturated carbocycles. The first-order chi connectivity index (χ1) is 6.04. The summed E-state index contributed by atoms with van der Waals surface area (Å²) in [6.07, 6.45) is -2.76. The third-order valence-electron chi connectivity index (χ3n) is 2.29. The van der Waals surface area contributed by atoms with Gasteiger partial charge in [0.25, 0.3) is 0 Å². The Labute approximate surface area is 74.4 Å². The second-order valence-electron chi connectivity index (χ2n) is 3.15. The lowest BCUT2D eigenvalue weighted by Gasteiger charge is -2.38. The van der Waals surface area contributed by atoms with Crippen molar-refractivity contribution in [1.82, 2.24) is 0 Å². The summed E-state index contributed by atoms with van der Waals surface area (Å²) in [4.78, 5) is 10.8. The van der Waals surface area contributed by atoms with Crippen LogP contribution >= 0.6 is 0 Å². The maximum absolute atomic E-state index is 10.8. The summed E-state index contributed by atoms with van der Waals surface area (Å²) in [7, 11) is 0. The van der Waals surface area contributed by atoms with Crippen LogP contribution in [0.4, 0.5) is 0 Å². The summed E-state index contributed by atoms with van der Waals surface area (Å²) in [6, 6.07) is 0. The van der Waals surface area contributed by atoms with Gasteiger partial charge in [0.15, 0.2) is 0 Å². The summed E-state index contributed by atoms with van der Waals surface area (Å²) in [5, 5.41) is 36.2. The first-order valence-corrected chi connectivity index (χ1v) is 3.83. The normalized spacial score (nSPS) is 40.2.